The van der Waals surface area contributed by atoms with Crippen LogP contribution in [0.15, 0.2) is 5.11 Å². The average molecular weight is 197 g/mol. The second-order valence-electron chi connectivity index (χ2n) is 4.56. The number of azide groups is 1. The fraction of sp³-hybridized carbons (Fsp3) is 1.00. The van der Waals surface area contributed by atoms with Gasteiger partial charge < -0.3 is 10.2 Å². The fourth-order valence-electron chi connectivity index (χ4n) is 3.05. The van der Waals surface area contributed by atoms with Gasteiger partial charge in [0.05, 0.1) is 12.7 Å². The maximum atomic E-state index is 9.95. The van der Waals surface area contributed by atoms with Crippen LogP contribution in [0.4, 0.5) is 0 Å². The van der Waals surface area contributed by atoms with Gasteiger partial charge in [-0.2, -0.15) is 0 Å². The van der Waals surface area contributed by atoms with Crippen LogP contribution in [0.2, 0.25) is 0 Å². The van der Waals surface area contributed by atoms with Crippen LogP contribution in [-0.2, 0) is 0 Å². The number of aliphatic hydroxyl groups excluding tert-OH is 2. The van der Waals surface area contributed by atoms with Crippen molar-refractivity contribution in [2.24, 2.45) is 16.4 Å². The van der Waals surface area contributed by atoms with Crippen LogP contribution in [0.1, 0.15) is 25.7 Å². The Morgan fingerprint density at radius 3 is 3.00 bits per heavy atom. The molecule has 2 fully saturated rings. The number of hydrogen-bond acceptors (Lipinski definition) is 3. The normalized spacial score (nSPS) is 46.0. The monoisotopic (exact) mass is 197 g/mol. The molecule has 0 aromatic carbocycles. The van der Waals surface area contributed by atoms with Crippen molar-refractivity contribution in [2.75, 3.05) is 6.61 Å². The number of hydrogen-bond donors (Lipinski definition) is 2. The van der Waals surface area contributed by atoms with E-state index in [-0.39, 0.29) is 24.0 Å². The van der Waals surface area contributed by atoms with Crippen molar-refractivity contribution in [3.8, 4) is 0 Å². The van der Waals surface area contributed by atoms with Crippen LogP contribution in [0, 0.1) is 11.3 Å². The Hall–Kier alpha value is -0.770. The van der Waals surface area contributed by atoms with Crippen molar-refractivity contribution in [1.82, 2.24) is 0 Å². The summed E-state index contributed by atoms with van der Waals surface area (Å²) < 4.78 is 0. The van der Waals surface area contributed by atoms with Gasteiger partial charge >= 0.3 is 0 Å². The molecule has 0 aromatic heterocycles. The lowest BCUT2D eigenvalue weighted by molar-refractivity contribution is -0.0461. The predicted octanol–water partition coefficient (Wildman–Crippen LogP) is 1.21. The lowest BCUT2D eigenvalue weighted by atomic mass is 9.72. The Kier molecular flexibility index (Phi) is 2.39. The quantitative estimate of drug-likeness (QED) is 0.396. The molecule has 0 amide bonds. The largest absolute Gasteiger partial charge is 0.396 e. The molecule has 0 saturated heterocycles. The van der Waals surface area contributed by atoms with Crippen LogP contribution in [0.3, 0.4) is 0 Å². The minimum absolute atomic E-state index is 0.00210. The summed E-state index contributed by atoms with van der Waals surface area (Å²) in [6, 6.07) is -0.0388. The Balaban J connectivity index is 2.20. The third-order valence-corrected chi connectivity index (χ3v) is 3.83. The molecule has 4 atom stereocenters. The van der Waals surface area contributed by atoms with Crippen LogP contribution < -0.4 is 0 Å². The van der Waals surface area contributed by atoms with Gasteiger partial charge in [0, 0.05) is 16.4 Å². The molecule has 14 heavy (non-hydrogen) atoms. The lowest BCUT2D eigenvalue weighted by Crippen LogP contribution is -2.44. The molecule has 0 heterocycles. The minimum Gasteiger partial charge on any atom is -0.396 e. The average Bonchev–Trinajstić information content (AvgIpc) is 2.39. The van der Waals surface area contributed by atoms with E-state index >= 15 is 0 Å². The van der Waals surface area contributed by atoms with E-state index in [9.17, 15) is 10.2 Å². The van der Waals surface area contributed by atoms with E-state index in [1.54, 1.807) is 0 Å². The predicted molar refractivity (Wildman–Crippen MR) is 50.4 cm³/mol. The van der Waals surface area contributed by atoms with Crippen molar-refractivity contribution < 1.29 is 10.2 Å². The van der Waals surface area contributed by atoms with Gasteiger partial charge in [-0.25, -0.2) is 0 Å². The molecule has 2 bridgehead atoms. The van der Waals surface area contributed by atoms with E-state index in [4.69, 9.17) is 5.53 Å². The lowest BCUT2D eigenvalue weighted by Gasteiger charge is -2.39. The van der Waals surface area contributed by atoms with Crippen molar-refractivity contribution in [2.45, 2.75) is 37.8 Å². The summed E-state index contributed by atoms with van der Waals surface area (Å²) in [5.41, 5.74) is 7.98. The van der Waals surface area contributed by atoms with Gasteiger partial charge in [0.15, 0.2) is 0 Å². The molecule has 0 aliphatic heterocycles. The highest BCUT2D eigenvalue weighted by molar-refractivity contribution is 5.04. The minimum atomic E-state index is -0.405. The summed E-state index contributed by atoms with van der Waals surface area (Å²) in [7, 11) is 0. The molecule has 78 valence electrons. The van der Waals surface area contributed by atoms with Gasteiger partial charge in [0.2, 0.25) is 0 Å². The molecule has 0 spiro atoms. The molecule has 0 radical (unpaired) electrons. The topological polar surface area (TPSA) is 89.2 Å². The van der Waals surface area contributed by atoms with E-state index in [1.165, 1.54) is 0 Å². The Morgan fingerprint density at radius 1 is 1.57 bits per heavy atom. The first kappa shape index (κ1) is 9.77. The zero-order chi connectivity index (χ0) is 10.2. The first-order valence-corrected chi connectivity index (χ1v) is 5.05. The van der Waals surface area contributed by atoms with E-state index in [0.717, 1.165) is 19.3 Å². The summed E-state index contributed by atoms with van der Waals surface area (Å²) in [6.07, 6.45) is 2.79. The molecule has 2 aliphatic rings. The zero-order valence-electron chi connectivity index (χ0n) is 8.00. The van der Waals surface area contributed by atoms with Gasteiger partial charge in [0.1, 0.15) is 0 Å². The van der Waals surface area contributed by atoms with Gasteiger partial charge in [-0.1, -0.05) is 5.11 Å². The van der Waals surface area contributed by atoms with Gasteiger partial charge in [-0.15, -0.1) is 0 Å². The third-order valence-electron chi connectivity index (χ3n) is 3.83. The molecule has 2 rings (SSSR count). The molecule has 2 N–H and O–H groups in total. The number of nitrogens with zero attached hydrogens (tertiary/aromatic N) is 3. The molecule has 5 heteroatoms. The van der Waals surface area contributed by atoms with E-state index in [1.807, 2.05) is 0 Å². The van der Waals surface area contributed by atoms with Crippen LogP contribution in [0.25, 0.3) is 10.4 Å². The highest BCUT2D eigenvalue weighted by Gasteiger charge is 2.52. The summed E-state index contributed by atoms with van der Waals surface area (Å²) in [5, 5.41) is 23.0. The maximum Gasteiger partial charge on any atom is 0.0646 e. The molecular weight excluding hydrogens is 182 g/mol. The Morgan fingerprint density at radius 2 is 2.36 bits per heavy atom. The summed E-state index contributed by atoms with van der Waals surface area (Å²) >= 11 is 0. The van der Waals surface area contributed by atoms with Gasteiger partial charge in [-0.05, 0) is 37.1 Å². The zero-order valence-corrected chi connectivity index (χ0v) is 8.00. The second-order valence-corrected chi connectivity index (χ2v) is 4.56. The smallest absolute Gasteiger partial charge is 0.0646 e. The van der Waals surface area contributed by atoms with Gasteiger partial charge in [-0.3, -0.25) is 0 Å². The standard InChI is InChI=1S/C9H15N3O2/c10-12-11-7-3-6-1-2-9(4-7,5-13)8(6)14/h6-8,13-14H,1-5H2. The highest BCUT2D eigenvalue weighted by Crippen LogP contribution is 2.51. The van der Waals surface area contributed by atoms with E-state index < -0.39 is 6.10 Å². The second kappa shape index (κ2) is 3.42. The number of rotatable bonds is 2. The fourth-order valence-corrected chi connectivity index (χ4v) is 3.05. The molecule has 2 aliphatic carbocycles. The SMILES string of the molecule is [N-]=[N+]=NC1CC2CCC(CO)(C1)C2O. The first-order valence-electron chi connectivity index (χ1n) is 5.05. The Bertz CT molecular complexity index is 277. The maximum absolute atomic E-state index is 9.95. The molecule has 2 saturated carbocycles. The summed E-state index contributed by atoms with van der Waals surface area (Å²) in [4.78, 5) is 2.81. The van der Waals surface area contributed by atoms with Crippen LogP contribution >= 0.6 is 0 Å². The highest BCUT2D eigenvalue weighted by atomic mass is 16.3. The van der Waals surface area contributed by atoms with Crippen LogP contribution in [0.5, 0.6) is 0 Å². The molecule has 4 unspecified atom stereocenters. The van der Waals surface area contributed by atoms with Crippen molar-refractivity contribution in [1.29, 1.82) is 0 Å². The van der Waals surface area contributed by atoms with E-state index in [2.05, 4.69) is 10.0 Å². The third kappa shape index (κ3) is 1.29. The number of fused-ring (bicyclic) bond motifs is 2. The van der Waals surface area contributed by atoms with E-state index in [0.29, 0.717) is 6.42 Å². The van der Waals surface area contributed by atoms with Crippen molar-refractivity contribution in [3.63, 3.8) is 0 Å². The molecular formula is C9H15N3O2. The number of aliphatic hydroxyl groups is 2. The Labute approximate surface area is 82.4 Å². The first-order chi connectivity index (χ1) is 6.72. The van der Waals surface area contributed by atoms with Gasteiger partial charge in [0.25, 0.3) is 0 Å². The summed E-state index contributed by atoms with van der Waals surface area (Å²) in [5.74, 6) is 0.214. The van der Waals surface area contributed by atoms with Crippen molar-refractivity contribution >= 4 is 0 Å². The summed E-state index contributed by atoms with van der Waals surface area (Å²) in [6.45, 7) is 0.00210. The molecule has 0 aromatic rings. The van der Waals surface area contributed by atoms with Crippen LogP contribution in [-0.4, -0.2) is 29.0 Å². The molecule has 5 nitrogen and oxygen atoms in total. The van der Waals surface area contributed by atoms with Crippen molar-refractivity contribution in [3.05, 3.63) is 10.4 Å².